The van der Waals surface area contributed by atoms with Crippen LogP contribution in [-0.2, 0) is 11.2 Å². The number of halogens is 1. The number of carbonyl (C=O) groups is 1. The normalized spacial score (nSPS) is 11.9. The van der Waals surface area contributed by atoms with Gasteiger partial charge < -0.3 is 14.8 Å². The average molecular weight is 373 g/mol. The molecule has 0 aliphatic rings. The van der Waals surface area contributed by atoms with E-state index in [2.05, 4.69) is 5.32 Å². The molecule has 2 rings (SSSR count). The smallest absolute Gasteiger partial charge is 0.261 e. The average Bonchev–Trinajstić information content (AvgIpc) is 2.65. The standard InChI is InChI=1S/C22H28FNO3/c1-4-20(27-21-10-6-5-9-19(21)23)22(25)24-15-7-8-17-11-13-18(14-12-17)26-16(2)3/h5-6,9-14,16,20H,4,7-8,15H2,1-3H3,(H,24,25). The lowest BCUT2D eigenvalue weighted by atomic mass is 10.1. The summed E-state index contributed by atoms with van der Waals surface area (Å²) in [6.07, 6.45) is 1.59. The molecule has 2 aromatic carbocycles. The van der Waals surface area contributed by atoms with Crippen molar-refractivity contribution in [1.82, 2.24) is 5.32 Å². The van der Waals surface area contributed by atoms with E-state index in [0.717, 1.165) is 18.6 Å². The summed E-state index contributed by atoms with van der Waals surface area (Å²) < 4.78 is 24.8. The predicted molar refractivity (Wildman–Crippen MR) is 105 cm³/mol. The highest BCUT2D eigenvalue weighted by Gasteiger charge is 2.19. The number of rotatable bonds is 10. The van der Waals surface area contributed by atoms with Crippen LogP contribution in [0.25, 0.3) is 0 Å². The van der Waals surface area contributed by atoms with Crippen LogP contribution >= 0.6 is 0 Å². The van der Waals surface area contributed by atoms with Gasteiger partial charge in [-0.2, -0.15) is 0 Å². The van der Waals surface area contributed by atoms with Gasteiger partial charge in [0.05, 0.1) is 6.10 Å². The monoisotopic (exact) mass is 373 g/mol. The van der Waals surface area contributed by atoms with Gasteiger partial charge in [0.15, 0.2) is 17.7 Å². The third-order valence-electron chi connectivity index (χ3n) is 4.01. The van der Waals surface area contributed by atoms with Gasteiger partial charge in [-0.1, -0.05) is 31.2 Å². The van der Waals surface area contributed by atoms with Crippen LogP contribution in [0.1, 0.15) is 39.2 Å². The topological polar surface area (TPSA) is 47.6 Å². The lowest BCUT2D eigenvalue weighted by Crippen LogP contribution is -2.38. The number of para-hydroxylation sites is 1. The van der Waals surface area contributed by atoms with Gasteiger partial charge in [0.25, 0.3) is 5.91 Å². The number of amides is 1. The Kier molecular flexibility index (Phi) is 8.11. The zero-order valence-electron chi connectivity index (χ0n) is 16.2. The lowest BCUT2D eigenvalue weighted by molar-refractivity contribution is -0.128. The Morgan fingerprint density at radius 3 is 2.41 bits per heavy atom. The molecular weight excluding hydrogens is 345 g/mol. The number of carbonyl (C=O) groups excluding carboxylic acids is 1. The molecule has 146 valence electrons. The molecule has 4 nitrogen and oxygen atoms in total. The van der Waals surface area contributed by atoms with Crippen LogP contribution in [0.3, 0.4) is 0 Å². The number of ether oxygens (including phenoxy) is 2. The van der Waals surface area contributed by atoms with Crippen LogP contribution in [-0.4, -0.2) is 24.7 Å². The van der Waals surface area contributed by atoms with E-state index >= 15 is 0 Å². The van der Waals surface area contributed by atoms with Crippen molar-refractivity contribution in [1.29, 1.82) is 0 Å². The van der Waals surface area contributed by atoms with Gasteiger partial charge in [-0.3, -0.25) is 4.79 Å². The highest BCUT2D eigenvalue weighted by molar-refractivity contribution is 5.81. The van der Waals surface area contributed by atoms with E-state index in [4.69, 9.17) is 9.47 Å². The predicted octanol–water partition coefficient (Wildman–Crippen LogP) is 4.52. The second-order valence-electron chi connectivity index (χ2n) is 6.65. The first-order valence-electron chi connectivity index (χ1n) is 9.44. The first-order chi connectivity index (χ1) is 13.0. The van der Waals surface area contributed by atoms with Crippen molar-refractivity contribution in [3.63, 3.8) is 0 Å². The summed E-state index contributed by atoms with van der Waals surface area (Å²) >= 11 is 0. The first kappa shape index (κ1) is 20.7. The van der Waals surface area contributed by atoms with E-state index in [-0.39, 0.29) is 17.8 Å². The molecule has 0 saturated heterocycles. The molecule has 1 atom stereocenters. The maximum atomic E-state index is 13.7. The van der Waals surface area contributed by atoms with E-state index < -0.39 is 11.9 Å². The van der Waals surface area contributed by atoms with E-state index in [1.165, 1.54) is 17.7 Å². The second-order valence-corrected chi connectivity index (χ2v) is 6.65. The number of nitrogens with one attached hydrogen (secondary N) is 1. The highest BCUT2D eigenvalue weighted by Crippen LogP contribution is 2.18. The molecule has 0 spiro atoms. The number of hydrogen-bond donors (Lipinski definition) is 1. The summed E-state index contributed by atoms with van der Waals surface area (Å²) in [7, 11) is 0. The minimum absolute atomic E-state index is 0.100. The molecule has 1 N–H and O–H groups in total. The number of aryl methyl sites for hydroxylation is 1. The molecule has 0 aliphatic heterocycles. The number of hydrogen-bond acceptors (Lipinski definition) is 3. The zero-order chi connectivity index (χ0) is 19.6. The molecule has 5 heteroatoms. The van der Waals surface area contributed by atoms with Gasteiger partial charge in [0.1, 0.15) is 5.75 Å². The summed E-state index contributed by atoms with van der Waals surface area (Å²) in [6.45, 7) is 6.37. The van der Waals surface area contributed by atoms with Gasteiger partial charge in [0, 0.05) is 6.54 Å². The van der Waals surface area contributed by atoms with E-state index in [1.54, 1.807) is 12.1 Å². The second kappa shape index (κ2) is 10.6. The third kappa shape index (κ3) is 6.93. The highest BCUT2D eigenvalue weighted by atomic mass is 19.1. The maximum absolute atomic E-state index is 13.7. The van der Waals surface area contributed by atoms with Crippen molar-refractivity contribution in [3.05, 3.63) is 59.9 Å². The Hall–Kier alpha value is -2.56. The molecule has 0 heterocycles. The minimum Gasteiger partial charge on any atom is -0.491 e. The molecule has 0 saturated carbocycles. The molecule has 2 aromatic rings. The summed E-state index contributed by atoms with van der Waals surface area (Å²) in [5, 5.41) is 2.87. The van der Waals surface area contributed by atoms with Crippen molar-refractivity contribution in [3.8, 4) is 11.5 Å². The van der Waals surface area contributed by atoms with Crippen LogP contribution in [0.5, 0.6) is 11.5 Å². The van der Waals surface area contributed by atoms with Gasteiger partial charge in [-0.25, -0.2) is 4.39 Å². The van der Waals surface area contributed by atoms with Gasteiger partial charge >= 0.3 is 0 Å². The van der Waals surface area contributed by atoms with Gasteiger partial charge in [-0.15, -0.1) is 0 Å². The fourth-order valence-electron chi connectivity index (χ4n) is 2.64. The largest absolute Gasteiger partial charge is 0.491 e. The fraction of sp³-hybridized carbons (Fsp3) is 0.409. The van der Waals surface area contributed by atoms with E-state index in [9.17, 15) is 9.18 Å². The van der Waals surface area contributed by atoms with Gasteiger partial charge in [-0.05, 0) is 62.9 Å². The Balaban J connectivity index is 1.75. The van der Waals surface area contributed by atoms with Crippen molar-refractivity contribution in [2.24, 2.45) is 0 Å². The van der Waals surface area contributed by atoms with Crippen LogP contribution in [0.15, 0.2) is 48.5 Å². The van der Waals surface area contributed by atoms with Crippen LogP contribution in [0.2, 0.25) is 0 Å². The molecule has 0 bridgehead atoms. The molecule has 0 aliphatic carbocycles. The van der Waals surface area contributed by atoms with E-state index in [1.807, 2.05) is 45.0 Å². The van der Waals surface area contributed by atoms with E-state index in [0.29, 0.717) is 13.0 Å². The van der Waals surface area contributed by atoms with Crippen molar-refractivity contribution >= 4 is 5.91 Å². The van der Waals surface area contributed by atoms with Crippen LogP contribution in [0, 0.1) is 5.82 Å². The van der Waals surface area contributed by atoms with Crippen LogP contribution < -0.4 is 14.8 Å². The first-order valence-corrected chi connectivity index (χ1v) is 9.44. The fourth-order valence-corrected chi connectivity index (χ4v) is 2.64. The Morgan fingerprint density at radius 1 is 1.07 bits per heavy atom. The molecule has 0 aromatic heterocycles. The van der Waals surface area contributed by atoms with Crippen molar-refractivity contribution in [2.45, 2.75) is 52.2 Å². The Morgan fingerprint density at radius 2 is 1.78 bits per heavy atom. The molecule has 27 heavy (non-hydrogen) atoms. The van der Waals surface area contributed by atoms with Crippen molar-refractivity contribution < 1.29 is 18.7 Å². The Labute approximate surface area is 160 Å². The molecule has 0 radical (unpaired) electrons. The maximum Gasteiger partial charge on any atom is 0.261 e. The quantitative estimate of drug-likeness (QED) is 0.623. The minimum atomic E-state index is -0.700. The molecular formula is C22H28FNO3. The summed E-state index contributed by atoms with van der Waals surface area (Å²) in [5.41, 5.74) is 1.19. The summed E-state index contributed by atoms with van der Waals surface area (Å²) in [5.74, 6) is 0.274. The lowest BCUT2D eigenvalue weighted by Gasteiger charge is -2.17. The Bertz CT molecular complexity index is 716. The van der Waals surface area contributed by atoms with Gasteiger partial charge in [0.2, 0.25) is 0 Å². The summed E-state index contributed by atoms with van der Waals surface area (Å²) in [6, 6.07) is 14.1. The molecule has 0 fully saturated rings. The third-order valence-corrected chi connectivity index (χ3v) is 4.01. The SMILES string of the molecule is CCC(Oc1ccccc1F)C(=O)NCCCc1ccc(OC(C)C)cc1. The van der Waals surface area contributed by atoms with Crippen LogP contribution in [0.4, 0.5) is 4.39 Å². The molecule has 1 amide bonds. The summed E-state index contributed by atoms with van der Waals surface area (Å²) in [4.78, 5) is 12.3. The zero-order valence-corrected chi connectivity index (χ0v) is 16.2. The molecule has 1 unspecified atom stereocenters. The number of benzene rings is 2. The van der Waals surface area contributed by atoms with Crippen molar-refractivity contribution in [2.75, 3.05) is 6.54 Å².